The van der Waals surface area contributed by atoms with Gasteiger partial charge in [-0.15, -0.1) is 0 Å². The van der Waals surface area contributed by atoms with E-state index in [1.807, 2.05) is 31.3 Å². The zero-order valence-electron chi connectivity index (χ0n) is 10.1. The molecule has 94 valence electrons. The number of aromatic nitrogens is 3. The molecular weight excluding hydrogens is 230 g/mol. The highest BCUT2D eigenvalue weighted by Gasteiger charge is 2.04. The Labute approximate surface area is 105 Å². The van der Waals surface area contributed by atoms with E-state index in [1.54, 1.807) is 0 Å². The summed E-state index contributed by atoms with van der Waals surface area (Å²) in [7, 11) is 1.82. The lowest BCUT2D eigenvalue weighted by molar-refractivity contribution is -0.116. The van der Waals surface area contributed by atoms with Crippen molar-refractivity contribution in [1.29, 1.82) is 0 Å². The Morgan fingerprint density at radius 3 is 3.06 bits per heavy atom. The number of hydrogen-bond donors (Lipinski definition) is 3. The maximum atomic E-state index is 11.6. The molecular formula is C12H15N5O. The van der Waals surface area contributed by atoms with E-state index >= 15 is 0 Å². The molecule has 2 rings (SSSR count). The molecule has 0 bridgehead atoms. The van der Waals surface area contributed by atoms with Gasteiger partial charge in [0.25, 0.3) is 0 Å². The van der Waals surface area contributed by atoms with E-state index in [4.69, 9.17) is 0 Å². The van der Waals surface area contributed by atoms with Crippen LogP contribution in [0.4, 0.5) is 5.69 Å². The number of nitrogens with one attached hydrogen (secondary N) is 3. The maximum Gasteiger partial charge on any atom is 0.225 e. The van der Waals surface area contributed by atoms with Gasteiger partial charge in [0.2, 0.25) is 5.91 Å². The number of carbonyl (C=O) groups excluding carboxylic acids is 1. The van der Waals surface area contributed by atoms with Gasteiger partial charge in [-0.3, -0.25) is 9.89 Å². The van der Waals surface area contributed by atoms with E-state index in [9.17, 15) is 4.79 Å². The predicted octanol–water partition coefficient (Wildman–Crippen LogP) is 1.02. The fourth-order valence-electron chi connectivity index (χ4n) is 1.55. The summed E-state index contributed by atoms with van der Waals surface area (Å²) in [5, 5.41) is 12.4. The number of aromatic amines is 1. The van der Waals surface area contributed by atoms with Gasteiger partial charge in [-0.1, -0.05) is 12.1 Å². The molecule has 0 aliphatic carbocycles. The van der Waals surface area contributed by atoms with E-state index in [0.29, 0.717) is 18.8 Å². The molecule has 0 aliphatic heterocycles. The highest BCUT2D eigenvalue weighted by molar-refractivity contribution is 5.91. The van der Waals surface area contributed by atoms with Gasteiger partial charge in [-0.05, 0) is 19.2 Å². The third-order valence-electron chi connectivity index (χ3n) is 2.44. The molecule has 6 heteroatoms. The summed E-state index contributed by atoms with van der Waals surface area (Å²) in [6, 6.07) is 7.48. The van der Waals surface area contributed by atoms with Crippen LogP contribution in [0.2, 0.25) is 0 Å². The fourth-order valence-corrected chi connectivity index (χ4v) is 1.55. The lowest BCUT2D eigenvalue weighted by Gasteiger charge is -2.06. The van der Waals surface area contributed by atoms with Crippen molar-refractivity contribution in [2.24, 2.45) is 0 Å². The largest absolute Gasteiger partial charge is 0.326 e. The van der Waals surface area contributed by atoms with Gasteiger partial charge in [0, 0.05) is 24.2 Å². The molecule has 0 saturated carbocycles. The summed E-state index contributed by atoms with van der Waals surface area (Å²) in [6.45, 7) is 0.660. The average molecular weight is 245 g/mol. The number of rotatable bonds is 5. The van der Waals surface area contributed by atoms with Crippen molar-refractivity contribution < 1.29 is 4.79 Å². The molecule has 1 heterocycles. The Hall–Kier alpha value is -2.21. The van der Waals surface area contributed by atoms with Crippen LogP contribution in [-0.2, 0) is 4.79 Å². The normalized spacial score (nSPS) is 10.3. The van der Waals surface area contributed by atoms with Gasteiger partial charge in [0.15, 0.2) is 5.82 Å². The first-order chi connectivity index (χ1) is 8.79. The van der Waals surface area contributed by atoms with Crippen LogP contribution in [0.5, 0.6) is 0 Å². The fraction of sp³-hybridized carbons (Fsp3) is 0.250. The van der Waals surface area contributed by atoms with E-state index in [1.165, 1.54) is 6.33 Å². The first-order valence-electron chi connectivity index (χ1n) is 5.70. The average Bonchev–Trinajstić information content (AvgIpc) is 2.90. The first-order valence-corrected chi connectivity index (χ1v) is 5.70. The molecule has 0 fully saturated rings. The second-order valence-corrected chi connectivity index (χ2v) is 3.82. The third-order valence-corrected chi connectivity index (χ3v) is 2.44. The smallest absolute Gasteiger partial charge is 0.225 e. The molecule has 2 aromatic rings. The molecule has 3 N–H and O–H groups in total. The van der Waals surface area contributed by atoms with Crippen LogP contribution in [-0.4, -0.2) is 34.7 Å². The molecule has 0 aliphatic rings. The molecule has 18 heavy (non-hydrogen) atoms. The van der Waals surface area contributed by atoms with Crippen molar-refractivity contribution in [3.05, 3.63) is 30.6 Å². The van der Waals surface area contributed by atoms with Gasteiger partial charge in [0.05, 0.1) is 0 Å². The topological polar surface area (TPSA) is 82.7 Å². The Morgan fingerprint density at radius 2 is 2.33 bits per heavy atom. The first kappa shape index (κ1) is 12.3. The van der Waals surface area contributed by atoms with Crippen LogP contribution in [0.25, 0.3) is 11.4 Å². The Bertz CT molecular complexity index is 509. The summed E-state index contributed by atoms with van der Waals surface area (Å²) in [6.07, 6.45) is 1.90. The highest BCUT2D eigenvalue weighted by Crippen LogP contribution is 2.18. The van der Waals surface area contributed by atoms with E-state index < -0.39 is 0 Å². The number of benzene rings is 1. The van der Waals surface area contributed by atoms with Crippen molar-refractivity contribution in [2.45, 2.75) is 6.42 Å². The number of hydrogen-bond acceptors (Lipinski definition) is 4. The van der Waals surface area contributed by atoms with Crippen LogP contribution >= 0.6 is 0 Å². The zero-order valence-corrected chi connectivity index (χ0v) is 10.1. The standard InChI is InChI=1S/C12H15N5O/c1-13-6-5-11(18)16-10-4-2-3-9(7-10)12-14-8-15-17-12/h2-4,7-8,13H,5-6H2,1H3,(H,16,18)(H,14,15,17). The quantitative estimate of drug-likeness (QED) is 0.734. The Morgan fingerprint density at radius 1 is 1.44 bits per heavy atom. The number of amides is 1. The summed E-state index contributed by atoms with van der Waals surface area (Å²) >= 11 is 0. The number of anilines is 1. The molecule has 0 unspecified atom stereocenters. The van der Waals surface area contributed by atoms with Crippen molar-refractivity contribution >= 4 is 11.6 Å². The van der Waals surface area contributed by atoms with Crippen LogP contribution in [0.15, 0.2) is 30.6 Å². The number of carbonyl (C=O) groups is 1. The zero-order chi connectivity index (χ0) is 12.8. The van der Waals surface area contributed by atoms with Crippen LogP contribution < -0.4 is 10.6 Å². The number of H-pyrrole nitrogens is 1. The van der Waals surface area contributed by atoms with Crippen LogP contribution in [0.3, 0.4) is 0 Å². The van der Waals surface area contributed by atoms with E-state index in [2.05, 4.69) is 25.8 Å². The van der Waals surface area contributed by atoms with Crippen molar-refractivity contribution in [3.63, 3.8) is 0 Å². The minimum Gasteiger partial charge on any atom is -0.326 e. The minimum atomic E-state index is -0.0148. The second-order valence-electron chi connectivity index (χ2n) is 3.82. The molecule has 0 radical (unpaired) electrons. The van der Waals surface area contributed by atoms with Crippen molar-refractivity contribution in [2.75, 3.05) is 18.9 Å². The summed E-state index contributed by atoms with van der Waals surface area (Å²) < 4.78 is 0. The van der Waals surface area contributed by atoms with Crippen molar-refractivity contribution in [3.8, 4) is 11.4 Å². The van der Waals surface area contributed by atoms with Gasteiger partial charge in [-0.2, -0.15) is 5.10 Å². The summed E-state index contributed by atoms with van der Waals surface area (Å²) in [5.74, 6) is 0.667. The minimum absolute atomic E-state index is 0.0148. The third kappa shape index (κ3) is 3.14. The summed E-state index contributed by atoms with van der Waals surface area (Å²) in [4.78, 5) is 15.6. The van der Waals surface area contributed by atoms with E-state index in [0.717, 1.165) is 11.3 Å². The molecule has 0 saturated heterocycles. The van der Waals surface area contributed by atoms with Gasteiger partial charge in [0.1, 0.15) is 6.33 Å². The monoisotopic (exact) mass is 245 g/mol. The van der Waals surface area contributed by atoms with Gasteiger partial charge in [-0.25, -0.2) is 4.98 Å². The van der Waals surface area contributed by atoms with Gasteiger partial charge >= 0.3 is 0 Å². The number of nitrogens with zero attached hydrogens (tertiary/aromatic N) is 2. The van der Waals surface area contributed by atoms with Gasteiger partial charge < -0.3 is 10.6 Å². The molecule has 1 amide bonds. The molecule has 6 nitrogen and oxygen atoms in total. The van der Waals surface area contributed by atoms with Crippen LogP contribution in [0, 0.1) is 0 Å². The Balaban J connectivity index is 2.06. The summed E-state index contributed by atoms with van der Waals surface area (Å²) in [5.41, 5.74) is 1.64. The van der Waals surface area contributed by atoms with Crippen LogP contribution in [0.1, 0.15) is 6.42 Å². The maximum absolute atomic E-state index is 11.6. The van der Waals surface area contributed by atoms with Crippen molar-refractivity contribution in [1.82, 2.24) is 20.5 Å². The molecule has 0 atom stereocenters. The SMILES string of the molecule is CNCCC(=O)Nc1cccc(-c2ncn[nH]2)c1. The lowest BCUT2D eigenvalue weighted by Crippen LogP contribution is -2.18. The molecule has 1 aromatic carbocycles. The Kier molecular flexibility index (Phi) is 4.03. The molecule has 1 aromatic heterocycles. The highest BCUT2D eigenvalue weighted by atomic mass is 16.1. The second kappa shape index (κ2) is 5.92. The molecule has 0 spiro atoms. The van der Waals surface area contributed by atoms with E-state index in [-0.39, 0.29) is 5.91 Å². The predicted molar refractivity (Wildman–Crippen MR) is 69.0 cm³/mol. The lowest BCUT2D eigenvalue weighted by atomic mass is 10.2.